The monoisotopic (exact) mass is 250 g/mol. The topological polar surface area (TPSA) is 92.4 Å². The number of nitrogen functional groups attached to an aromatic ring is 1. The van der Waals surface area contributed by atoms with E-state index >= 15 is 0 Å². The molecule has 5 nitrogen and oxygen atoms in total. The molecule has 0 saturated carbocycles. The van der Waals surface area contributed by atoms with E-state index in [1.165, 1.54) is 0 Å². The summed E-state index contributed by atoms with van der Waals surface area (Å²) >= 11 is 0. The fourth-order valence-corrected chi connectivity index (χ4v) is 1.53. The first-order valence-electron chi connectivity index (χ1n) is 5.86. The third-order valence-corrected chi connectivity index (χ3v) is 2.73. The van der Waals surface area contributed by atoms with Crippen LogP contribution in [0.15, 0.2) is 24.3 Å². The lowest BCUT2D eigenvalue weighted by atomic mass is 10.1. The summed E-state index contributed by atoms with van der Waals surface area (Å²) in [5.41, 5.74) is 7.04. The summed E-state index contributed by atoms with van der Waals surface area (Å²) in [4.78, 5) is 22.4. The lowest BCUT2D eigenvalue weighted by Gasteiger charge is -2.11. The first-order valence-corrected chi connectivity index (χ1v) is 5.86. The van der Waals surface area contributed by atoms with Gasteiger partial charge in [-0.25, -0.2) is 0 Å². The molecule has 0 heterocycles. The number of nitrogens with two attached hydrogens (primary N) is 1. The Morgan fingerprint density at radius 2 is 1.94 bits per heavy atom. The van der Waals surface area contributed by atoms with Gasteiger partial charge in [0.05, 0.1) is 12.3 Å². The number of benzene rings is 1. The molecule has 0 saturated heterocycles. The Hall–Kier alpha value is -2.04. The number of hydrogen-bond acceptors (Lipinski definition) is 3. The van der Waals surface area contributed by atoms with Gasteiger partial charge in [-0.1, -0.05) is 19.1 Å². The smallest absolute Gasteiger partial charge is 0.308 e. The van der Waals surface area contributed by atoms with E-state index in [1.807, 2.05) is 0 Å². The van der Waals surface area contributed by atoms with Crippen molar-refractivity contribution in [1.82, 2.24) is 5.32 Å². The molecule has 0 fully saturated rings. The zero-order chi connectivity index (χ0) is 13.5. The Kier molecular flexibility index (Phi) is 5.17. The van der Waals surface area contributed by atoms with Gasteiger partial charge in [-0.3, -0.25) is 9.59 Å². The molecule has 1 unspecified atom stereocenters. The van der Waals surface area contributed by atoms with E-state index in [2.05, 4.69) is 5.32 Å². The molecule has 1 aromatic rings. The van der Waals surface area contributed by atoms with Crippen LogP contribution in [0.3, 0.4) is 0 Å². The highest BCUT2D eigenvalue weighted by Gasteiger charge is 2.15. The van der Waals surface area contributed by atoms with Gasteiger partial charge >= 0.3 is 5.97 Å². The van der Waals surface area contributed by atoms with Crippen molar-refractivity contribution in [2.75, 3.05) is 12.3 Å². The quantitative estimate of drug-likeness (QED) is 0.658. The minimum Gasteiger partial charge on any atom is -0.481 e. The SMILES string of the molecule is CCC(CNC(=O)Cc1ccc(N)cc1)C(=O)O. The standard InChI is InChI=1S/C13H18N2O3/c1-2-10(13(17)18)8-15-12(16)7-9-3-5-11(14)6-4-9/h3-6,10H,2,7-8,14H2,1H3,(H,15,16)(H,17,18). The van der Waals surface area contributed by atoms with Crippen LogP contribution in [-0.4, -0.2) is 23.5 Å². The Morgan fingerprint density at radius 3 is 2.44 bits per heavy atom. The third kappa shape index (κ3) is 4.45. The van der Waals surface area contributed by atoms with Gasteiger partial charge in [0, 0.05) is 12.2 Å². The Balaban J connectivity index is 2.42. The van der Waals surface area contributed by atoms with Gasteiger partial charge in [0.15, 0.2) is 0 Å². The summed E-state index contributed by atoms with van der Waals surface area (Å²) in [5.74, 6) is -1.59. The normalized spacial score (nSPS) is 11.8. The molecule has 0 aromatic heterocycles. The first-order chi connectivity index (χ1) is 8.52. The Labute approximate surface area is 106 Å². The molecule has 18 heavy (non-hydrogen) atoms. The minimum atomic E-state index is -0.884. The van der Waals surface area contributed by atoms with Crippen LogP contribution in [0.4, 0.5) is 5.69 Å². The van der Waals surface area contributed by atoms with Crippen molar-refractivity contribution < 1.29 is 14.7 Å². The number of anilines is 1. The number of aliphatic carboxylic acids is 1. The van der Waals surface area contributed by atoms with Gasteiger partial charge < -0.3 is 16.2 Å². The maximum Gasteiger partial charge on any atom is 0.308 e. The van der Waals surface area contributed by atoms with E-state index in [0.717, 1.165) is 5.56 Å². The van der Waals surface area contributed by atoms with Crippen LogP contribution < -0.4 is 11.1 Å². The summed E-state index contributed by atoms with van der Waals surface area (Å²) in [5, 5.41) is 11.5. The van der Waals surface area contributed by atoms with Crippen LogP contribution in [0.1, 0.15) is 18.9 Å². The number of carboxylic acid groups (broad SMARTS) is 1. The Bertz CT molecular complexity index is 415. The number of amides is 1. The largest absolute Gasteiger partial charge is 0.481 e. The minimum absolute atomic E-state index is 0.166. The van der Waals surface area contributed by atoms with Crippen LogP contribution in [-0.2, 0) is 16.0 Å². The van der Waals surface area contributed by atoms with Gasteiger partial charge in [0.2, 0.25) is 5.91 Å². The molecule has 0 radical (unpaired) electrons. The summed E-state index contributed by atoms with van der Waals surface area (Å²) in [6.07, 6.45) is 0.730. The van der Waals surface area contributed by atoms with Crippen molar-refractivity contribution in [3.8, 4) is 0 Å². The average molecular weight is 250 g/mol. The van der Waals surface area contributed by atoms with Crippen molar-refractivity contribution >= 4 is 17.6 Å². The van der Waals surface area contributed by atoms with Crippen molar-refractivity contribution in [2.24, 2.45) is 5.92 Å². The van der Waals surface area contributed by atoms with Gasteiger partial charge in [-0.15, -0.1) is 0 Å². The molecule has 1 rings (SSSR count). The van der Waals surface area contributed by atoms with Crippen LogP contribution in [0.25, 0.3) is 0 Å². The molecule has 4 N–H and O–H groups in total. The summed E-state index contributed by atoms with van der Waals surface area (Å²) in [6.45, 7) is 1.95. The molecule has 1 amide bonds. The van der Waals surface area contributed by atoms with Gasteiger partial charge in [-0.05, 0) is 24.1 Å². The maximum absolute atomic E-state index is 11.6. The molecule has 1 atom stereocenters. The van der Waals surface area contributed by atoms with E-state index < -0.39 is 11.9 Å². The van der Waals surface area contributed by atoms with Crippen molar-refractivity contribution in [2.45, 2.75) is 19.8 Å². The molecular weight excluding hydrogens is 232 g/mol. The second-order valence-electron chi connectivity index (χ2n) is 4.17. The number of carbonyl (C=O) groups is 2. The number of hydrogen-bond donors (Lipinski definition) is 3. The van der Waals surface area contributed by atoms with E-state index in [1.54, 1.807) is 31.2 Å². The van der Waals surface area contributed by atoms with Gasteiger partial charge in [-0.2, -0.15) is 0 Å². The average Bonchev–Trinajstić information content (AvgIpc) is 2.32. The van der Waals surface area contributed by atoms with Gasteiger partial charge in [0.25, 0.3) is 0 Å². The molecule has 0 aliphatic carbocycles. The highest BCUT2D eigenvalue weighted by atomic mass is 16.4. The second kappa shape index (κ2) is 6.64. The fraction of sp³-hybridized carbons (Fsp3) is 0.385. The molecule has 98 valence electrons. The van der Waals surface area contributed by atoms with Crippen molar-refractivity contribution in [3.63, 3.8) is 0 Å². The third-order valence-electron chi connectivity index (χ3n) is 2.73. The zero-order valence-electron chi connectivity index (χ0n) is 10.3. The Morgan fingerprint density at radius 1 is 1.33 bits per heavy atom. The predicted molar refractivity (Wildman–Crippen MR) is 69.0 cm³/mol. The molecule has 0 aliphatic heterocycles. The van der Waals surface area contributed by atoms with Crippen LogP contribution in [0.5, 0.6) is 0 Å². The zero-order valence-corrected chi connectivity index (χ0v) is 10.3. The van der Waals surface area contributed by atoms with Crippen LogP contribution in [0.2, 0.25) is 0 Å². The highest BCUT2D eigenvalue weighted by Crippen LogP contribution is 2.06. The van der Waals surface area contributed by atoms with E-state index in [9.17, 15) is 9.59 Å². The molecule has 0 bridgehead atoms. The van der Waals surface area contributed by atoms with Gasteiger partial charge in [0.1, 0.15) is 0 Å². The lowest BCUT2D eigenvalue weighted by molar-refractivity contribution is -0.141. The molecule has 1 aromatic carbocycles. The highest BCUT2D eigenvalue weighted by molar-refractivity contribution is 5.79. The summed E-state index contributed by atoms with van der Waals surface area (Å²) < 4.78 is 0. The lowest BCUT2D eigenvalue weighted by Crippen LogP contribution is -2.33. The van der Waals surface area contributed by atoms with Crippen LogP contribution in [0, 0.1) is 5.92 Å². The number of rotatable bonds is 6. The maximum atomic E-state index is 11.6. The number of carboxylic acids is 1. The first kappa shape index (κ1) is 14.0. The van der Waals surface area contributed by atoms with E-state index in [4.69, 9.17) is 10.8 Å². The number of carbonyl (C=O) groups excluding carboxylic acids is 1. The molecular formula is C13H18N2O3. The second-order valence-corrected chi connectivity index (χ2v) is 4.17. The van der Waals surface area contributed by atoms with Crippen molar-refractivity contribution in [1.29, 1.82) is 0 Å². The predicted octanol–water partition coefficient (Wildman–Crippen LogP) is 1.04. The molecule has 5 heteroatoms. The summed E-state index contributed by atoms with van der Waals surface area (Å²) in [7, 11) is 0. The fourth-order valence-electron chi connectivity index (χ4n) is 1.53. The van der Waals surface area contributed by atoms with E-state index in [-0.39, 0.29) is 18.9 Å². The molecule has 0 spiro atoms. The summed E-state index contributed by atoms with van der Waals surface area (Å²) in [6, 6.07) is 7.02. The number of nitrogens with one attached hydrogen (secondary N) is 1. The van der Waals surface area contributed by atoms with E-state index in [0.29, 0.717) is 12.1 Å². The van der Waals surface area contributed by atoms with Crippen molar-refractivity contribution in [3.05, 3.63) is 29.8 Å². The van der Waals surface area contributed by atoms with Crippen LogP contribution >= 0.6 is 0 Å². The molecule has 0 aliphatic rings.